The quantitative estimate of drug-likeness (QED) is 0.817. The summed E-state index contributed by atoms with van der Waals surface area (Å²) in [6.45, 7) is 3.72. The Bertz CT molecular complexity index is 632. The zero-order chi connectivity index (χ0) is 13.1. The Kier molecular flexibility index (Phi) is 3.50. The summed E-state index contributed by atoms with van der Waals surface area (Å²) < 4.78 is 5.62. The minimum Gasteiger partial charge on any atom is -0.439 e. The van der Waals surface area contributed by atoms with Gasteiger partial charge in [-0.25, -0.2) is 4.98 Å². The van der Waals surface area contributed by atoms with Crippen LogP contribution in [0.15, 0.2) is 30.3 Å². The average molecular weight is 259 g/mol. The Morgan fingerprint density at radius 1 is 1.22 bits per heavy atom. The van der Waals surface area contributed by atoms with E-state index >= 15 is 0 Å². The SMILES string of the molecule is Cc1cc(C#N)cc(Oc2ccc(Cl)c(C)c2)n1. The summed E-state index contributed by atoms with van der Waals surface area (Å²) in [7, 11) is 0. The van der Waals surface area contributed by atoms with Crippen LogP contribution in [0.25, 0.3) is 0 Å². The van der Waals surface area contributed by atoms with E-state index in [-0.39, 0.29) is 0 Å². The molecule has 0 saturated carbocycles. The van der Waals surface area contributed by atoms with E-state index in [0.29, 0.717) is 22.2 Å². The second kappa shape index (κ2) is 5.07. The van der Waals surface area contributed by atoms with Crippen molar-refractivity contribution in [2.24, 2.45) is 0 Å². The maximum atomic E-state index is 8.88. The fourth-order valence-corrected chi connectivity index (χ4v) is 1.67. The molecule has 0 amide bonds. The van der Waals surface area contributed by atoms with Gasteiger partial charge < -0.3 is 4.74 Å². The second-order valence-electron chi connectivity index (χ2n) is 3.96. The molecule has 2 rings (SSSR count). The molecule has 0 aliphatic carbocycles. The summed E-state index contributed by atoms with van der Waals surface area (Å²) in [5.41, 5.74) is 2.21. The lowest BCUT2D eigenvalue weighted by atomic mass is 10.2. The van der Waals surface area contributed by atoms with E-state index in [0.717, 1.165) is 11.3 Å². The largest absolute Gasteiger partial charge is 0.439 e. The Balaban J connectivity index is 2.31. The predicted molar refractivity (Wildman–Crippen MR) is 70.0 cm³/mol. The third kappa shape index (κ3) is 2.79. The first-order valence-corrected chi connectivity index (χ1v) is 5.79. The molecule has 2 aromatic rings. The average Bonchev–Trinajstić information content (AvgIpc) is 2.33. The number of benzene rings is 1. The molecule has 1 aromatic carbocycles. The molecular weight excluding hydrogens is 248 g/mol. The van der Waals surface area contributed by atoms with Crippen LogP contribution in [0.3, 0.4) is 0 Å². The summed E-state index contributed by atoms with van der Waals surface area (Å²) in [5, 5.41) is 9.57. The number of aromatic nitrogens is 1. The molecule has 18 heavy (non-hydrogen) atoms. The van der Waals surface area contributed by atoms with E-state index in [1.807, 2.05) is 19.9 Å². The van der Waals surface area contributed by atoms with Crippen LogP contribution in [0.5, 0.6) is 11.6 Å². The van der Waals surface area contributed by atoms with Crippen molar-refractivity contribution >= 4 is 11.6 Å². The zero-order valence-corrected chi connectivity index (χ0v) is 10.8. The number of pyridine rings is 1. The van der Waals surface area contributed by atoms with Gasteiger partial charge in [-0.15, -0.1) is 0 Å². The highest BCUT2D eigenvalue weighted by atomic mass is 35.5. The Hall–Kier alpha value is -2.05. The van der Waals surface area contributed by atoms with Crippen LogP contribution in [0.4, 0.5) is 0 Å². The maximum absolute atomic E-state index is 8.88. The van der Waals surface area contributed by atoms with Gasteiger partial charge in [0, 0.05) is 16.8 Å². The van der Waals surface area contributed by atoms with Crippen LogP contribution in [0.1, 0.15) is 16.8 Å². The Labute approximate surface area is 111 Å². The van der Waals surface area contributed by atoms with Crippen molar-refractivity contribution < 1.29 is 4.74 Å². The monoisotopic (exact) mass is 258 g/mol. The molecule has 90 valence electrons. The molecule has 0 saturated heterocycles. The Morgan fingerprint density at radius 3 is 2.67 bits per heavy atom. The van der Waals surface area contributed by atoms with E-state index in [1.54, 1.807) is 24.3 Å². The van der Waals surface area contributed by atoms with Crippen LogP contribution < -0.4 is 4.74 Å². The summed E-state index contributed by atoms with van der Waals surface area (Å²) >= 11 is 5.94. The molecule has 0 unspecified atom stereocenters. The maximum Gasteiger partial charge on any atom is 0.220 e. The molecule has 0 aliphatic heterocycles. The molecule has 3 nitrogen and oxygen atoms in total. The van der Waals surface area contributed by atoms with Crippen molar-refractivity contribution in [1.29, 1.82) is 5.26 Å². The third-order valence-corrected chi connectivity index (χ3v) is 2.83. The van der Waals surface area contributed by atoms with Crippen LogP contribution in [0.2, 0.25) is 5.02 Å². The normalized spacial score (nSPS) is 9.89. The summed E-state index contributed by atoms with van der Waals surface area (Å²) in [5.74, 6) is 1.06. The fraction of sp³-hybridized carbons (Fsp3) is 0.143. The van der Waals surface area contributed by atoms with E-state index < -0.39 is 0 Å². The van der Waals surface area contributed by atoms with E-state index in [2.05, 4.69) is 11.1 Å². The van der Waals surface area contributed by atoms with Crippen molar-refractivity contribution in [2.45, 2.75) is 13.8 Å². The first kappa shape index (κ1) is 12.4. The lowest BCUT2D eigenvalue weighted by Gasteiger charge is -2.07. The fourth-order valence-electron chi connectivity index (χ4n) is 1.56. The predicted octanol–water partition coefficient (Wildman–Crippen LogP) is 4.02. The van der Waals surface area contributed by atoms with Gasteiger partial charge in [-0.1, -0.05) is 11.6 Å². The molecule has 0 bridgehead atoms. The van der Waals surface area contributed by atoms with Crippen LogP contribution in [-0.4, -0.2) is 4.98 Å². The number of ether oxygens (including phenoxy) is 1. The standard InChI is InChI=1S/C14H11ClN2O/c1-9-5-12(3-4-13(9)15)18-14-7-11(8-16)6-10(2)17-14/h3-7H,1-2H3. The molecule has 4 heteroatoms. The summed E-state index contributed by atoms with van der Waals surface area (Å²) in [4.78, 5) is 4.22. The van der Waals surface area contributed by atoms with E-state index in [1.165, 1.54) is 0 Å². The van der Waals surface area contributed by atoms with Crippen LogP contribution in [-0.2, 0) is 0 Å². The lowest BCUT2D eigenvalue weighted by Crippen LogP contribution is -1.92. The third-order valence-electron chi connectivity index (χ3n) is 2.41. The number of nitrogens with zero attached hydrogens (tertiary/aromatic N) is 2. The minimum absolute atomic E-state index is 0.410. The smallest absolute Gasteiger partial charge is 0.220 e. The van der Waals surface area contributed by atoms with Crippen LogP contribution in [0, 0.1) is 25.2 Å². The molecular formula is C14H11ClN2O. The molecule has 0 atom stereocenters. The Morgan fingerprint density at radius 2 is 2.00 bits per heavy atom. The number of hydrogen-bond donors (Lipinski definition) is 0. The van der Waals surface area contributed by atoms with E-state index in [4.69, 9.17) is 21.6 Å². The van der Waals surface area contributed by atoms with Crippen molar-refractivity contribution in [3.63, 3.8) is 0 Å². The van der Waals surface area contributed by atoms with Gasteiger partial charge in [-0.3, -0.25) is 0 Å². The first-order chi connectivity index (χ1) is 8.58. The van der Waals surface area contributed by atoms with Gasteiger partial charge in [-0.2, -0.15) is 5.26 Å². The zero-order valence-electron chi connectivity index (χ0n) is 10.1. The van der Waals surface area contributed by atoms with Crippen molar-refractivity contribution in [1.82, 2.24) is 4.98 Å². The molecule has 0 N–H and O–H groups in total. The first-order valence-electron chi connectivity index (χ1n) is 5.41. The molecule has 0 aliphatic rings. The molecule has 0 spiro atoms. The van der Waals surface area contributed by atoms with Gasteiger partial charge in [0.2, 0.25) is 5.88 Å². The highest BCUT2D eigenvalue weighted by molar-refractivity contribution is 6.31. The van der Waals surface area contributed by atoms with E-state index in [9.17, 15) is 0 Å². The van der Waals surface area contributed by atoms with Gasteiger partial charge >= 0.3 is 0 Å². The summed E-state index contributed by atoms with van der Waals surface area (Å²) in [6, 6.07) is 10.8. The number of rotatable bonds is 2. The van der Waals surface area contributed by atoms with Gasteiger partial charge in [0.25, 0.3) is 0 Å². The highest BCUT2D eigenvalue weighted by Crippen LogP contribution is 2.25. The molecule has 1 aromatic heterocycles. The molecule has 0 radical (unpaired) electrons. The van der Waals surface area contributed by atoms with Gasteiger partial charge in [0.05, 0.1) is 11.6 Å². The van der Waals surface area contributed by atoms with Crippen molar-refractivity contribution in [3.05, 3.63) is 52.2 Å². The molecule has 0 fully saturated rings. The van der Waals surface area contributed by atoms with Crippen molar-refractivity contribution in [2.75, 3.05) is 0 Å². The highest BCUT2D eigenvalue weighted by Gasteiger charge is 2.04. The number of halogens is 1. The van der Waals surface area contributed by atoms with Gasteiger partial charge in [-0.05, 0) is 43.7 Å². The minimum atomic E-state index is 0.410. The topological polar surface area (TPSA) is 45.9 Å². The number of aryl methyl sites for hydroxylation is 2. The van der Waals surface area contributed by atoms with Gasteiger partial charge in [0.1, 0.15) is 5.75 Å². The van der Waals surface area contributed by atoms with Crippen molar-refractivity contribution in [3.8, 4) is 17.7 Å². The number of hydrogen-bond acceptors (Lipinski definition) is 3. The molecule has 1 heterocycles. The van der Waals surface area contributed by atoms with Crippen LogP contribution >= 0.6 is 11.6 Å². The second-order valence-corrected chi connectivity index (χ2v) is 4.37. The van der Waals surface area contributed by atoms with Gasteiger partial charge in [0.15, 0.2) is 0 Å². The summed E-state index contributed by atoms with van der Waals surface area (Å²) in [6.07, 6.45) is 0. The lowest BCUT2D eigenvalue weighted by molar-refractivity contribution is 0.461. The number of nitriles is 1.